The van der Waals surface area contributed by atoms with Crippen LogP contribution in [0, 0.1) is 0 Å². The number of piperidine rings is 1. The Morgan fingerprint density at radius 1 is 1.21 bits per heavy atom. The van der Waals surface area contributed by atoms with E-state index in [1.54, 1.807) is 0 Å². The molecule has 0 amide bonds. The predicted octanol–water partition coefficient (Wildman–Crippen LogP) is 1.42. The lowest BCUT2D eigenvalue weighted by molar-refractivity contribution is -0.0994. The summed E-state index contributed by atoms with van der Waals surface area (Å²) in [5, 5.41) is 0. The van der Waals surface area contributed by atoms with Gasteiger partial charge in [0.05, 0.1) is 6.54 Å². The molecular weight excluding hydrogens is 186 g/mol. The molecule has 0 aromatic rings. The number of halogens is 2. The molecule has 2 bridgehead atoms. The van der Waals surface area contributed by atoms with Gasteiger partial charge in [0.2, 0.25) is 0 Å². The summed E-state index contributed by atoms with van der Waals surface area (Å²) in [6.07, 6.45) is -1.05. The van der Waals surface area contributed by atoms with Crippen LogP contribution in [0.3, 0.4) is 0 Å². The highest BCUT2D eigenvalue weighted by Crippen LogP contribution is 2.33. The normalized spacial score (nSPS) is 33.9. The van der Waals surface area contributed by atoms with Crippen LogP contribution in [0.1, 0.15) is 20.3 Å². The molecular formula is C10H18F2N2. The molecule has 0 saturated carbocycles. The highest BCUT2D eigenvalue weighted by molar-refractivity contribution is 5.01. The molecule has 0 aliphatic carbocycles. The molecule has 3 aliphatic rings. The summed E-state index contributed by atoms with van der Waals surface area (Å²) in [7, 11) is 0. The monoisotopic (exact) mass is 204 g/mol. The molecule has 14 heavy (non-hydrogen) atoms. The smallest absolute Gasteiger partial charge is 0.251 e. The van der Waals surface area contributed by atoms with Crippen LogP contribution in [-0.4, -0.2) is 54.0 Å². The maximum absolute atomic E-state index is 12.2. The summed E-state index contributed by atoms with van der Waals surface area (Å²) in [6.45, 7) is 6.26. The van der Waals surface area contributed by atoms with Gasteiger partial charge >= 0.3 is 0 Å². The van der Waals surface area contributed by atoms with Crippen molar-refractivity contribution in [2.45, 2.75) is 44.8 Å². The Morgan fingerprint density at radius 2 is 1.79 bits per heavy atom. The van der Waals surface area contributed by atoms with E-state index in [1.165, 1.54) is 0 Å². The molecule has 0 aromatic heterocycles. The van der Waals surface area contributed by atoms with Gasteiger partial charge in [0.25, 0.3) is 6.43 Å². The highest BCUT2D eigenvalue weighted by atomic mass is 19.3. The van der Waals surface area contributed by atoms with Gasteiger partial charge in [0.15, 0.2) is 0 Å². The van der Waals surface area contributed by atoms with Gasteiger partial charge in [-0.2, -0.15) is 0 Å². The van der Waals surface area contributed by atoms with Gasteiger partial charge in [-0.1, -0.05) is 0 Å². The van der Waals surface area contributed by atoms with Crippen LogP contribution < -0.4 is 0 Å². The van der Waals surface area contributed by atoms with E-state index in [2.05, 4.69) is 18.7 Å². The van der Waals surface area contributed by atoms with Crippen molar-refractivity contribution in [3.8, 4) is 0 Å². The van der Waals surface area contributed by atoms with Crippen molar-refractivity contribution in [1.82, 2.24) is 9.80 Å². The fourth-order valence-corrected chi connectivity index (χ4v) is 2.60. The van der Waals surface area contributed by atoms with Crippen molar-refractivity contribution in [3.63, 3.8) is 0 Å². The van der Waals surface area contributed by atoms with Crippen molar-refractivity contribution >= 4 is 0 Å². The van der Waals surface area contributed by atoms with Gasteiger partial charge in [0.1, 0.15) is 0 Å². The minimum atomic E-state index is -2.18. The van der Waals surface area contributed by atoms with Crippen molar-refractivity contribution in [2.24, 2.45) is 0 Å². The third-order valence-electron chi connectivity index (χ3n) is 3.45. The summed E-state index contributed by atoms with van der Waals surface area (Å²) in [5.41, 5.74) is 0. The van der Waals surface area contributed by atoms with Gasteiger partial charge in [0, 0.05) is 31.2 Å². The zero-order chi connectivity index (χ0) is 10.3. The predicted molar refractivity (Wildman–Crippen MR) is 51.6 cm³/mol. The molecule has 0 spiro atoms. The molecule has 0 aromatic carbocycles. The van der Waals surface area contributed by atoms with E-state index < -0.39 is 6.43 Å². The van der Waals surface area contributed by atoms with E-state index in [4.69, 9.17) is 0 Å². The fraction of sp³-hybridized carbons (Fsp3) is 1.00. The second-order valence-corrected chi connectivity index (χ2v) is 4.68. The third kappa shape index (κ3) is 1.77. The average molecular weight is 204 g/mol. The van der Waals surface area contributed by atoms with Crippen LogP contribution in [0.4, 0.5) is 8.78 Å². The van der Waals surface area contributed by atoms with Crippen molar-refractivity contribution in [1.29, 1.82) is 0 Å². The fourth-order valence-electron chi connectivity index (χ4n) is 2.60. The van der Waals surface area contributed by atoms with Gasteiger partial charge in [-0.3, -0.25) is 9.80 Å². The third-order valence-corrected chi connectivity index (χ3v) is 3.45. The Bertz CT molecular complexity index is 196. The van der Waals surface area contributed by atoms with E-state index in [0.29, 0.717) is 18.1 Å². The first kappa shape index (κ1) is 10.3. The molecule has 0 N–H and O–H groups in total. The molecule has 3 rings (SSSR count). The molecule has 2 atom stereocenters. The Morgan fingerprint density at radius 3 is 2.21 bits per heavy atom. The molecule has 3 saturated heterocycles. The second kappa shape index (κ2) is 3.74. The first-order chi connectivity index (χ1) is 6.58. The summed E-state index contributed by atoms with van der Waals surface area (Å²) in [4.78, 5) is 4.37. The number of hydrogen-bond donors (Lipinski definition) is 0. The molecule has 3 heterocycles. The lowest BCUT2D eigenvalue weighted by Crippen LogP contribution is -2.70. The highest BCUT2D eigenvalue weighted by Gasteiger charge is 2.45. The number of rotatable bonds is 3. The van der Waals surface area contributed by atoms with Gasteiger partial charge in [-0.05, 0) is 20.3 Å². The van der Waals surface area contributed by atoms with E-state index in [-0.39, 0.29) is 6.54 Å². The molecule has 3 aliphatic heterocycles. The van der Waals surface area contributed by atoms with Crippen LogP contribution in [-0.2, 0) is 0 Å². The van der Waals surface area contributed by atoms with Crippen LogP contribution in [0.15, 0.2) is 0 Å². The van der Waals surface area contributed by atoms with Gasteiger partial charge < -0.3 is 0 Å². The van der Waals surface area contributed by atoms with Crippen LogP contribution in [0.2, 0.25) is 0 Å². The molecule has 2 unspecified atom stereocenters. The molecule has 2 nitrogen and oxygen atoms in total. The number of nitrogens with zero attached hydrogens (tertiary/aromatic N) is 2. The lowest BCUT2D eigenvalue weighted by atomic mass is 9.87. The maximum atomic E-state index is 12.2. The zero-order valence-electron chi connectivity index (χ0n) is 8.79. The summed E-state index contributed by atoms with van der Waals surface area (Å²) >= 11 is 0. The summed E-state index contributed by atoms with van der Waals surface area (Å²) in [6, 6.07) is 1.34. The lowest BCUT2D eigenvalue weighted by Gasteiger charge is -2.57. The molecule has 0 radical (unpaired) electrons. The number of alkyl halides is 2. The van der Waals surface area contributed by atoms with E-state index in [1.807, 2.05) is 4.90 Å². The largest absolute Gasteiger partial charge is 0.298 e. The first-order valence-corrected chi connectivity index (χ1v) is 5.36. The van der Waals surface area contributed by atoms with Crippen LogP contribution in [0.5, 0.6) is 0 Å². The van der Waals surface area contributed by atoms with E-state index in [9.17, 15) is 8.78 Å². The zero-order valence-corrected chi connectivity index (χ0v) is 8.79. The van der Waals surface area contributed by atoms with Crippen LogP contribution in [0.25, 0.3) is 0 Å². The Balaban J connectivity index is 1.86. The Labute approximate surface area is 83.9 Å². The number of piperazine rings is 1. The Hall–Kier alpha value is -0.220. The second-order valence-electron chi connectivity index (χ2n) is 4.68. The SMILES string of the molecule is CC(C)N1CC2CC(C1)N2CC(F)F. The molecule has 4 heteroatoms. The molecule has 3 fully saturated rings. The number of hydrogen-bond acceptors (Lipinski definition) is 2. The number of fused-ring (bicyclic) bond motifs is 2. The van der Waals surface area contributed by atoms with Crippen LogP contribution >= 0.6 is 0 Å². The van der Waals surface area contributed by atoms with Gasteiger partial charge in [-0.15, -0.1) is 0 Å². The van der Waals surface area contributed by atoms with E-state index in [0.717, 1.165) is 19.5 Å². The molecule has 82 valence electrons. The first-order valence-electron chi connectivity index (χ1n) is 5.36. The van der Waals surface area contributed by atoms with Crippen molar-refractivity contribution in [3.05, 3.63) is 0 Å². The van der Waals surface area contributed by atoms with Gasteiger partial charge in [-0.25, -0.2) is 8.78 Å². The minimum Gasteiger partial charge on any atom is -0.298 e. The van der Waals surface area contributed by atoms with E-state index >= 15 is 0 Å². The quantitative estimate of drug-likeness (QED) is 0.686. The van der Waals surface area contributed by atoms with Crippen molar-refractivity contribution in [2.75, 3.05) is 19.6 Å². The topological polar surface area (TPSA) is 6.48 Å². The summed E-state index contributed by atoms with van der Waals surface area (Å²) in [5.74, 6) is 0. The summed E-state index contributed by atoms with van der Waals surface area (Å²) < 4.78 is 24.4. The average Bonchev–Trinajstić information content (AvgIpc) is 2.14. The maximum Gasteiger partial charge on any atom is 0.251 e. The Kier molecular flexibility index (Phi) is 2.75. The van der Waals surface area contributed by atoms with Crippen molar-refractivity contribution < 1.29 is 8.78 Å². The minimum absolute atomic E-state index is 0.0265. The standard InChI is InChI=1S/C10H18F2N2/c1-7(2)13-4-8-3-9(5-13)14(8)6-10(11)12/h7-10H,3-6H2,1-2H3.